The second-order valence-corrected chi connectivity index (χ2v) is 10.1. The van der Waals surface area contributed by atoms with Crippen molar-refractivity contribution < 1.29 is 28.2 Å². The molecule has 200 valence electrons. The summed E-state index contributed by atoms with van der Waals surface area (Å²) in [6.07, 6.45) is 4.70. The van der Waals surface area contributed by atoms with Crippen LogP contribution in [0.25, 0.3) is 11.3 Å². The number of amides is 1. The number of rotatable bonds is 6. The van der Waals surface area contributed by atoms with Crippen LogP contribution in [0.3, 0.4) is 0 Å². The van der Waals surface area contributed by atoms with Crippen LogP contribution in [0.15, 0.2) is 30.6 Å². The third-order valence-electron chi connectivity index (χ3n) is 7.80. The van der Waals surface area contributed by atoms with Crippen LogP contribution < -0.4 is 14.8 Å². The van der Waals surface area contributed by atoms with Crippen molar-refractivity contribution in [3.8, 4) is 22.9 Å². The summed E-state index contributed by atoms with van der Waals surface area (Å²) >= 11 is 0. The lowest BCUT2D eigenvalue weighted by atomic mass is 9.87. The minimum absolute atomic E-state index is 0.0691. The molecule has 3 N–H and O–H groups in total. The monoisotopic (exact) mass is 526 g/mol. The summed E-state index contributed by atoms with van der Waals surface area (Å²) < 4.78 is 38.5. The van der Waals surface area contributed by atoms with Gasteiger partial charge in [0.1, 0.15) is 23.5 Å². The van der Waals surface area contributed by atoms with Crippen LogP contribution >= 0.6 is 0 Å². The fourth-order valence-electron chi connectivity index (χ4n) is 5.62. The van der Waals surface area contributed by atoms with E-state index in [9.17, 15) is 18.7 Å². The standard InChI is InChI=1S/C26H28F2N6O4/c1-37-22-9-16(17(28)13-29-22)19-10-20(33-32-19)25(36)34-6-2-14(11-26(34)4-5-26)24(35)31-18-3-7-38-21-8-15(27)12-30-23(18)21/h8-10,12-14,18,25,36H,2-7,11H2,1H3,(H,31,35)(H,32,33)/t14-,18+,25?/m0/s1. The molecule has 2 fully saturated rings. The molecule has 1 saturated carbocycles. The number of fused-ring (bicyclic) bond motifs is 1. The number of hydrogen-bond donors (Lipinski definition) is 3. The van der Waals surface area contributed by atoms with Gasteiger partial charge in [-0.1, -0.05) is 0 Å². The van der Waals surface area contributed by atoms with E-state index in [4.69, 9.17) is 9.47 Å². The highest BCUT2D eigenvalue weighted by Crippen LogP contribution is 2.52. The predicted molar refractivity (Wildman–Crippen MR) is 130 cm³/mol. The van der Waals surface area contributed by atoms with E-state index in [1.807, 2.05) is 4.90 Å². The van der Waals surface area contributed by atoms with Crippen molar-refractivity contribution in [2.24, 2.45) is 5.92 Å². The first kappa shape index (κ1) is 24.7. The molecule has 0 aromatic carbocycles. The molecule has 6 rings (SSSR count). The van der Waals surface area contributed by atoms with Gasteiger partial charge in [0.25, 0.3) is 0 Å². The number of aromatic nitrogens is 4. The Bertz CT molecular complexity index is 1360. The highest BCUT2D eigenvalue weighted by molar-refractivity contribution is 5.79. The zero-order chi connectivity index (χ0) is 26.4. The number of carbonyl (C=O) groups excluding carboxylic acids is 1. The van der Waals surface area contributed by atoms with E-state index in [0.29, 0.717) is 55.2 Å². The van der Waals surface area contributed by atoms with E-state index in [1.54, 1.807) is 6.07 Å². The molecule has 5 heterocycles. The number of aliphatic hydroxyl groups is 1. The molecule has 12 heteroatoms. The molecule has 3 aliphatic rings. The van der Waals surface area contributed by atoms with Gasteiger partial charge < -0.3 is 19.9 Å². The number of aromatic amines is 1. The van der Waals surface area contributed by atoms with Crippen molar-refractivity contribution in [3.63, 3.8) is 0 Å². The Hall–Kier alpha value is -3.64. The fraction of sp³-hybridized carbons (Fsp3) is 0.462. The van der Waals surface area contributed by atoms with Crippen molar-refractivity contribution in [1.29, 1.82) is 0 Å². The lowest BCUT2D eigenvalue weighted by Crippen LogP contribution is -2.50. The van der Waals surface area contributed by atoms with E-state index in [2.05, 4.69) is 25.5 Å². The molecule has 1 unspecified atom stereocenters. The van der Waals surface area contributed by atoms with Gasteiger partial charge in [-0.25, -0.2) is 13.8 Å². The third-order valence-corrected chi connectivity index (χ3v) is 7.80. The highest BCUT2D eigenvalue weighted by Gasteiger charge is 2.55. The van der Waals surface area contributed by atoms with Gasteiger partial charge in [0.2, 0.25) is 11.8 Å². The van der Waals surface area contributed by atoms with Crippen LogP contribution in [0, 0.1) is 17.6 Å². The summed E-state index contributed by atoms with van der Waals surface area (Å²) in [5.74, 6) is -0.689. The van der Waals surface area contributed by atoms with Gasteiger partial charge in [-0.2, -0.15) is 5.10 Å². The molecule has 1 spiro atoms. The Morgan fingerprint density at radius 2 is 2.11 bits per heavy atom. The molecule has 1 saturated heterocycles. The van der Waals surface area contributed by atoms with E-state index < -0.39 is 17.9 Å². The molecule has 10 nitrogen and oxygen atoms in total. The number of H-pyrrole nitrogens is 1. The second-order valence-electron chi connectivity index (χ2n) is 10.1. The lowest BCUT2D eigenvalue weighted by molar-refractivity contribution is -0.132. The van der Waals surface area contributed by atoms with Gasteiger partial charge in [0, 0.05) is 42.1 Å². The maximum absolute atomic E-state index is 14.4. The molecule has 0 radical (unpaired) electrons. The van der Waals surface area contributed by atoms with E-state index in [0.717, 1.165) is 25.2 Å². The molecule has 1 aliphatic carbocycles. The average Bonchev–Trinajstić information content (AvgIpc) is 3.49. The summed E-state index contributed by atoms with van der Waals surface area (Å²) in [5.41, 5.74) is 1.25. The maximum Gasteiger partial charge on any atom is 0.223 e. The van der Waals surface area contributed by atoms with E-state index in [-0.39, 0.29) is 34.8 Å². The van der Waals surface area contributed by atoms with Crippen LogP contribution in [0.2, 0.25) is 0 Å². The Kier molecular flexibility index (Phi) is 6.23. The number of halogens is 2. The van der Waals surface area contributed by atoms with Gasteiger partial charge in [0.05, 0.1) is 43.5 Å². The van der Waals surface area contributed by atoms with Crippen LogP contribution in [0.5, 0.6) is 11.6 Å². The number of nitrogens with one attached hydrogen (secondary N) is 2. The number of methoxy groups -OCH3 is 1. The smallest absolute Gasteiger partial charge is 0.223 e. The minimum Gasteiger partial charge on any atom is -0.491 e. The fourth-order valence-corrected chi connectivity index (χ4v) is 5.62. The average molecular weight is 527 g/mol. The topological polar surface area (TPSA) is 125 Å². The Labute approximate surface area is 217 Å². The molecule has 3 aromatic heterocycles. The first-order chi connectivity index (χ1) is 18.4. The highest BCUT2D eigenvalue weighted by atomic mass is 19.1. The van der Waals surface area contributed by atoms with Gasteiger partial charge in [-0.05, 0) is 31.7 Å². The summed E-state index contributed by atoms with van der Waals surface area (Å²) in [7, 11) is 1.45. The first-order valence-corrected chi connectivity index (χ1v) is 12.7. The minimum atomic E-state index is -0.976. The number of aliphatic hydroxyl groups excluding tert-OH is 1. The van der Waals surface area contributed by atoms with Crippen molar-refractivity contribution >= 4 is 5.91 Å². The first-order valence-electron chi connectivity index (χ1n) is 12.7. The Balaban J connectivity index is 1.13. The second kappa shape index (κ2) is 9.59. The predicted octanol–water partition coefficient (Wildman–Crippen LogP) is 3.03. The zero-order valence-electron chi connectivity index (χ0n) is 20.8. The number of carbonyl (C=O) groups is 1. The summed E-state index contributed by atoms with van der Waals surface area (Å²) in [6, 6.07) is 4.04. The van der Waals surface area contributed by atoms with Crippen LogP contribution in [-0.2, 0) is 4.79 Å². The number of nitrogens with zero attached hydrogens (tertiary/aromatic N) is 4. The largest absolute Gasteiger partial charge is 0.491 e. The Morgan fingerprint density at radius 1 is 1.26 bits per heavy atom. The number of piperidine rings is 1. The molecule has 3 aromatic rings. The number of hydrogen-bond acceptors (Lipinski definition) is 8. The van der Waals surface area contributed by atoms with Gasteiger partial charge in [-0.3, -0.25) is 19.8 Å². The van der Waals surface area contributed by atoms with Crippen LogP contribution in [0.1, 0.15) is 55.8 Å². The van der Waals surface area contributed by atoms with Crippen molar-refractivity contribution in [3.05, 3.63) is 53.6 Å². The Morgan fingerprint density at radius 3 is 2.89 bits per heavy atom. The lowest BCUT2D eigenvalue weighted by Gasteiger charge is -2.42. The summed E-state index contributed by atoms with van der Waals surface area (Å²) in [6.45, 7) is 0.888. The molecule has 38 heavy (non-hydrogen) atoms. The van der Waals surface area contributed by atoms with Crippen molar-refractivity contribution in [2.45, 2.75) is 49.9 Å². The zero-order valence-corrected chi connectivity index (χ0v) is 20.8. The molecule has 3 atom stereocenters. The number of ether oxygens (including phenoxy) is 2. The van der Waals surface area contributed by atoms with Crippen LogP contribution in [-0.4, -0.2) is 61.9 Å². The molecule has 2 aliphatic heterocycles. The number of pyridine rings is 2. The molecular formula is C26H28F2N6O4. The molecule has 0 bridgehead atoms. The molecular weight excluding hydrogens is 498 g/mol. The van der Waals surface area contributed by atoms with E-state index in [1.165, 1.54) is 19.2 Å². The summed E-state index contributed by atoms with van der Waals surface area (Å²) in [5, 5.41) is 21.4. The normalized spacial score (nSPS) is 22.8. The van der Waals surface area contributed by atoms with Crippen LogP contribution in [0.4, 0.5) is 8.78 Å². The van der Waals surface area contributed by atoms with Crippen molar-refractivity contribution in [1.82, 2.24) is 30.4 Å². The third kappa shape index (κ3) is 4.47. The quantitative estimate of drug-likeness (QED) is 0.448. The SMILES string of the molecule is COc1cc(-c2cc(C(O)N3CC[C@H](C(=O)N[C@@H]4CCOc5cc(F)cnc54)CC34CC4)[nH]n2)c(F)cn1. The maximum atomic E-state index is 14.4. The van der Waals surface area contributed by atoms with Gasteiger partial charge in [0.15, 0.2) is 5.82 Å². The van der Waals surface area contributed by atoms with Gasteiger partial charge in [-0.15, -0.1) is 0 Å². The number of likely N-dealkylation sites (tertiary alicyclic amines) is 1. The van der Waals surface area contributed by atoms with Gasteiger partial charge >= 0.3 is 0 Å². The van der Waals surface area contributed by atoms with Crippen molar-refractivity contribution in [2.75, 3.05) is 20.3 Å². The molecule has 1 amide bonds. The summed E-state index contributed by atoms with van der Waals surface area (Å²) in [4.78, 5) is 23.2. The van der Waals surface area contributed by atoms with E-state index >= 15 is 0 Å².